The molecule has 0 bridgehead atoms. The first-order valence-corrected chi connectivity index (χ1v) is 5.67. The molecule has 0 spiro atoms. The first kappa shape index (κ1) is 13.0. The minimum absolute atomic E-state index is 0.0468. The van der Waals surface area contributed by atoms with Crippen molar-refractivity contribution in [2.75, 3.05) is 20.6 Å². The average Bonchev–Trinajstić information content (AvgIpc) is 2.23. The number of hydrogen-bond donors (Lipinski definition) is 2. The largest absolute Gasteiger partial charge is 0.359 e. The maximum atomic E-state index is 12.0. The molecule has 0 saturated heterocycles. The van der Waals surface area contributed by atoms with Crippen LogP contribution in [-0.4, -0.2) is 42.9 Å². The first-order chi connectivity index (χ1) is 7.40. The fraction of sp³-hybridized carbons (Fsp3) is 0.818. The Morgan fingerprint density at radius 1 is 1.50 bits per heavy atom. The van der Waals surface area contributed by atoms with E-state index in [1.807, 2.05) is 0 Å². The lowest BCUT2D eigenvalue weighted by atomic mass is 9.76. The molecule has 16 heavy (non-hydrogen) atoms. The number of nitrogens with zero attached hydrogens (tertiary/aromatic N) is 1. The summed E-state index contributed by atoms with van der Waals surface area (Å²) < 4.78 is 0. The van der Waals surface area contributed by atoms with Crippen molar-refractivity contribution >= 4 is 11.8 Å². The molecule has 3 N–H and O–H groups in total. The van der Waals surface area contributed by atoms with Crippen LogP contribution in [-0.2, 0) is 9.59 Å². The number of likely N-dealkylation sites (N-methyl/N-ethyl adjacent to an activating group) is 1. The molecule has 5 heteroatoms. The predicted molar refractivity (Wildman–Crippen MR) is 61.6 cm³/mol. The van der Waals surface area contributed by atoms with Crippen molar-refractivity contribution in [3.05, 3.63) is 0 Å². The topological polar surface area (TPSA) is 75.4 Å². The van der Waals surface area contributed by atoms with Crippen LogP contribution < -0.4 is 11.1 Å². The molecule has 0 aromatic heterocycles. The van der Waals surface area contributed by atoms with Crippen LogP contribution in [0.4, 0.5) is 0 Å². The zero-order chi connectivity index (χ0) is 12.3. The zero-order valence-corrected chi connectivity index (χ0v) is 10.2. The molecule has 0 aliphatic heterocycles. The van der Waals surface area contributed by atoms with Crippen LogP contribution in [0.3, 0.4) is 0 Å². The molecule has 0 heterocycles. The summed E-state index contributed by atoms with van der Waals surface area (Å²) in [5.74, 6) is -0.309. The summed E-state index contributed by atoms with van der Waals surface area (Å²) in [5, 5.41) is 2.57. The van der Waals surface area contributed by atoms with E-state index in [0.29, 0.717) is 6.54 Å². The Hall–Kier alpha value is -1.10. The highest BCUT2D eigenvalue weighted by Gasteiger charge is 2.42. The molecule has 2 amide bonds. The predicted octanol–water partition coefficient (Wildman–Crippen LogP) is -0.292. The summed E-state index contributed by atoms with van der Waals surface area (Å²) >= 11 is 0. The molecule has 1 aliphatic rings. The zero-order valence-electron chi connectivity index (χ0n) is 10.2. The van der Waals surface area contributed by atoms with Gasteiger partial charge in [-0.05, 0) is 19.3 Å². The molecular weight excluding hydrogens is 206 g/mol. The summed E-state index contributed by atoms with van der Waals surface area (Å²) in [6.07, 6.45) is 2.52. The van der Waals surface area contributed by atoms with Crippen LogP contribution in [0, 0.1) is 5.92 Å². The fourth-order valence-corrected chi connectivity index (χ4v) is 1.97. The third-order valence-electron chi connectivity index (χ3n) is 3.26. The number of nitrogens with two attached hydrogens (primary N) is 1. The van der Waals surface area contributed by atoms with Gasteiger partial charge in [0.05, 0.1) is 11.5 Å². The van der Waals surface area contributed by atoms with Gasteiger partial charge in [0.1, 0.15) is 0 Å². The van der Waals surface area contributed by atoms with Gasteiger partial charge in [-0.3, -0.25) is 9.59 Å². The van der Waals surface area contributed by atoms with Crippen molar-refractivity contribution < 1.29 is 9.59 Å². The monoisotopic (exact) mass is 227 g/mol. The highest BCUT2D eigenvalue weighted by atomic mass is 16.2. The Morgan fingerprint density at radius 2 is 2.06 bits per heavy atom. The quantitative estimate of drug-likeness (QED) is 0.693. The molecule has 1 atom stereocenters. The van der Waals surface area contributed by atoms with E-state index in [4.69, 9.17) is 5.73 Å². The van der Waals surface area contributed by atoms with Gasteiger partial charge in [-0.15, -0.1) is 0 Å². The van der Waals surface area contributed by atoms with E-state index < -0.39 is 5.54 Å². The maximum absolute atomic E-state index is 12.0. The fourth-order valence-electron chi connectivity index (χ4n) is 1.97. The summed E-state index contributed by atoms with van der Waals surface area (Å²) in [6.45, 7) is 2.21. The minimum Gasteiger partial charge on any atom is -0.359 e. The van der Waals surface area contributed by atoms with E-state index in [9.17, 15) is 9.59 Å². The van der Waals surface area contributed by atoms with E-state index in [0.717, 1.165) is 19.3 Å². The molecule has 0 radical (unpaired) electrons. The molecule has 5 nitrogen and oxygen atoms in total. The van der Waals surface area contributed by atoms with Gasteiger partial charge in [0.15, 0.2) is 0 Å². The van der Waals surface area contributed by atoms with Crippen molar-refractivity contribution in [3.63, 3.8) is 0 Å². The van der Waals surface area contributed by atoms with Gasteiger partial charge < -0.3 is 16.0 Å². The summed E-state index contributed by atoms with van der Waals surface area (Å²) in [6, 6.07) is 0. The van der Waals surface area contributed by atoms with Crippen LogP contribution in [0.15, 0.2) is 0 Å². The Morgan fingerprint density at radius 3 is 2.44 bits per heavy atom. The number of hydrogen-bond acceptors (Lipinski definition) is 3. The number of carbonyl (C=O) groups is 2. The molecular formula is C11H21N3O2. The van der Waals surface area contributed by atoms with Crippen LogP contribution in [0.2, 0.25) is 0 Å². The molecule has 0 aromatic rings. The molecule has 1 saturated carbocycles. The van der Waals surface area contributed by atoms with Crippen molar-refractivity contribution in [1.82, 2.24) is 10.2 Å². The first-order valence-electron chi connectivity index (χ1n) is 5.67. The summed E-state index contributed by atoms with van der Waals surface area (Å²) in [5.41, 5.74) is 5.27. The van der Waals surface area contributed by atoms with Gasteiger partial charge in [0.2, 0.25) is 11.8 Å². The van der Waals surface area contributed by atoms with E-state index in [-0.39, 0.29) is 17.7 Å². The van der Waals surface area contributed by atoms with Gasteiger partial charge in [-0.1, -0.05) is 6.92 Å². The number of carbonyl (C=O) groups excluding carboxylic acids is 2. The van der Waals surface area contributed by atoms with Gasteiger partial charge in [0, 0.05) is 20.6 Å². The van der Waals surface area contributed by atoms with Crippen molar-refractivity contribution in [3.8, 4) is 0 Å². The minimum atomic E-state index is -0.669. The Bertz CT molecular complexity index is 287. The molecule has 1 unspecified atom stereocenters. The van der Waals surface area contributed by atoms with E-state index >= 15 is 0 Å². The van der Waals surface area contributed by atoms with E-state index in [1.54, 1.807) is 25.9 Å². The van der Waals surface area contributed by atoms with Crippen molar-refractivity contribution in [2.45, 2.75) is 31.7 Å². The van der Waals surface area contributed by atoms with Gasteiger partial charge in [-0.25, -0.2) is 0 Å². The lowest BCUT2D eigenvalue weighted by Gasteiger charge is -2.39. The number of amides is 2. The van der Waals surface area contributed by atoms with Gasteiger partial charge >= 0.3 is 0 Å². The standard InChI is InChI=1S/C11H21N3O2/c1-8(9(15)13-2)7-14(3)10(16)11(12)5-4-6-11/h8H,4-7,12H2,1-3H3,(H,13,15). The Balaban J connectivity index is 2.48. The highest BCUT2D eigenvalue weighted by molar-refractivity contribution is 5.87. The Labute approximate surface area is 96.4 Å². The summed E-state index contributed by atoms with van der Waals surface area (Å²) in [4.78, 5) is 24.9. The second-order valence-corrected chi connectivity index (χ2v) is 4.71. The Kier molecular flexibility index (Phi) is 3.91. The normalized spacial score (nSPS) is 19.5. The van der Waals surface area contributed by atoms with E-state index in [1.165, 1.54) is 0 Å². The smallest absolute Gasteiger partial charge is 0.242 e. The van der Waals surface area contributed by atoms with Crippen molar-refractivity contribution in [2.24, 2.45) is 11.7 Å². The third kappa shape index (κ3) is 2.52. The van der Waals surface area contributed by atoms with Crippen LogP contribution in [0.5, 0.6) is 0 Å². The summed E-state index contributed by atoms with van der Waals surface area (Å²) in [7, 11) is 3.30. The molecule has 1 rings (SSSR count). The van der Waals surface area contributed by atoms with E-state index in [2.05, 4.69) is 5.32 Å². The molecule has 1 fully saturated rings. The van der Waals surface area contributed by atoms with Crippen molar-refractivity contribution in [1.29, 1.82) is 0 Å². The van der Waals surface area contributed by atoms with Crippen LogP contribution in [0.25, 0.3) is 0 Å². The SMILES string of the molecule is CNC(=O)C(C)CN(C)C(=O)C1(N)CCC1. The number of rotatable bonds is 4. The average molecular weight is 227 g/mol. The molecule has 1 aliphatic carbocycles. The highest BCUT2D eigenvalue weighted by Crippen LogP contribution is 2.30. The molecule has 0 aromatic carbocycles. The molecule has 92 valence electrons. The number of nitrogens with one attached hydrogen (secondary N) is 1. The lowest BCUT2D eigenvalue weighted by molar-refractivity contribution is -0.140. The van der Waals surface area contributed by atoms with Crippen LogP contribution in [0.1, 0.15) is 26.2 Å². The second kappa shape index (κ2) is 4.82. The van der Waals surface area contributed by atoms with Gasteiger partial charge in [0.25, 0.3) is 0 Å². The van der Waals surface area contributed by atoms with Crippen LogP contribution >= 0.6 is 0 Å². The third-order valence-corrected chi connectivity index (χ3v) is 3.26. The lowest BCUT2D eigenvalue weighted by Crippen LogP contribution is -2.59. The second-order valence-electron chi connectivity index (χ2n) is 4.71. The maximum Gasteiger partial charge on any atom is 0.242 e. The van der Waals surface area contributed by atoms with Gasteiger partial charge in [-0.2, -0.15) is 0 Å².